The van der Waals surface area contributed by atoms with E-state index in [2.05, 4.69) is 4.40 Å². The van der Waals surface area contributed by atoms with Crippen molar-refractivity contribution in [2.75, 3.05) is 0 Å². The van der Waals surface area contributed by atoms with Crippen molar-refractivity contribution in [3.8, 4) is 0 Å². The summed E-state index contributed by atoms with van der Waals surface area (Å²) in [7, 11) is -3.83. The number of thioether (sulfide) groups is 1. The normalized spacial score (nSPS) is 15.4. The summed E-state index contributed by atoms with van der Waals surface area (Å²) in [5, 5.41) is 1.70. The molecule has 3 aromatic rings. The van der Waals surface area contributed by atoms with Crippen molar-refractivity contribution in [2.45, 2.75) is 9.96 Å². The molecular weight excluding hydrogens is 410 g/mol. The number of carbonyl (C=O) groups excluding carboxylic acids is 1. The van der Waals surface area contributed by atoms with E-state index in [1.165, 1.54) is 17.8 Å². The van der Waals surface area contributed by atoms with Crippen molar-refractivity contribution in [3.63, 3.8) is 0 Å². The molecule has 7 heteroatoms. The first kappa shape index (κ1) is 18.9. The highest BCUT2D eigenvalue weighted by molar-refractivity contribution is 8.03. The van der Waals surface area contributed by atoms with Crippen LogP contribution < -0.4 is 0 Å². The van der Waals surface area contributed by atoms with Crippen molar-refractivity contribution in [3.05, 3.63) is 99.8 Å². The number of nitrogens with zero attached hydrogens (tertiary/aromatic N) is 1. The predicted octanol–water partition coefficient (Wildman–Crippen LogP) is 4.94. The summed E-state index contributed by atoms with van der Waals surface area (Å²) in [6.07, 6.45) is 1.59. The first-order chi connectivity index (χ1) is 13.5. The van der Waals surface area contributed by atoms with Gasteiger partial charge in [-0.25, -0.2) is 0 Å². The quantitative estimate of drug-likeness (QED) is 0.581. The molecular formula is C21H15NO3S3. The molecule has 140 valence electrons. The van der Waals surface area contributed by atoms with Gasteiger partial charge in [0.05, 0.1) is 10.6 Å². The molecule has 1 aliphatic rings. The molecule has 4 rings (SSSR count). The minimum atomic E-state index is -3.83. The van der Waals surface area contributed by atoms with E-state index in [0.29, 0.717) is 27.5 Å². The average Bonchev–Trinajstić information content (AvgIpc) is 3.26. The van der Waals surface area contributed by atoms with Crippen LogP contribution in [0.4, 0.5) is 0 Å². The third kappa shape index (κ3) is 3.87. The molecule has 0 saturated heterocycles. The van der Waals surface area contributed by atoms with Gasteiger partial charge in [-0.05, 0) is 23.1 Å². The first-order valence-corrected chi connectivity index (χ1v) is 11.8. The van der Waals surface area contributed by atoms with E-state index in [4.69, 9.17) is 0 Å². The molecule has 0 spiro atoms. The molecule has 0 bridgehead atoms. The average molecular weight is 426 g/mol. The maximum Gasteiger partial charge on any atom is 0.292 e. The summed E-state index contributed by atoms with van der Waals surface area (Å²) in [6, 6.07) is 20.0. The maximum absolute atomic E-state index is 12.9. The Labute approximate surface area is 171 Å². The molecule has 0 unspecified atom stereocenters. The van der Waals surface area contributed by atoms with E-state index >= 15 is 0 Å². The van der Waals surface area contributed by atoms with Crippen LogP contribution in [0.1, 0.15) is 21.5 Å². The number of allylic oxidation sites excluding steroid dienone is 2. The molecule has 0 aliphatic heterocycles. The lowest BCUT2D eigenvalue weighted by atomic mass is 9.94. The molecule has 2 aromatic carbocycles. The Balaban J connectivity index is 1.74. The topological polar surface area (TPSA) is 63.6 Å². The summed E-state index contributed by atoms with van der Waals surface area (Å²) in [5.41, 5.74) is 2.39. The van der Waals surface area contributed by atoms with Crippen molar-refractivity contribution in [2.24, 2.45) is 4.40 Å². The summed E-state index contributed by atoms with van der Waals surface area (Å²) >= 11 is 2.51. The monoisotopic (exact) mass is 425 g/mol. The van der Waals surface area contributed by atoms with Crippen molar-refractivity contribution >= 4 is 44.6 Å². The van der Waals surface area contributed by atoms with Gasteiger partial charge in [0.15, 0.2) is 5.78 Å². The minimum absolute atomic E-state index is 0.107. The van der Waals surface area contributed by atoms with Gasteiger partial charge < -0.3 is 0 Å². The zero-order valence-corrected chi connectivity index (χ0v) is 17.1. The van der Waals surface area contributed by atoms with Crippen LogP contribution in [-0.2, 0) is 15.8 Å². The molecule has 0 amide bonds. The molecule has 4 nitrogen and oxygen atoms in total. The first-order valence-electron chi connectivity index (χ1n) is 8.45. The number of carbonyl (C=O) groups is 1. The third-order valence-electron chi connectivity index (χ3n) is 4.14. The number of thiophene rings is 1. The van der Waals surface area contributed by atoms with Crippen molar-refractivity contribution < 1.29 is 13.2 Å². The van der Waals surface area contributed by atoms with E-state index < -0.39 is 10.0 Å². The molecule has 0 atom stereocenters. The number of rotatable bonds is 5. The number of sulfonamides is 1. The van der Waals surface area contributed by atoms with Crippen LogP contribution in [0.3, 0.4) is 0 Å². The summed E-state index contributed by atoms with van der Waals surface area (Å²) in [4.78, 5) is 13.4. The fourth-order valence-electron chi connectivity index (χ4n) is 2.81. The predicted molar refractivity (Wildman–Crippen MR) is 115 cm³/mol. The van der Waals surface area contributed by atoms with Crippen LogP contribution in [0.2, 0.25) is 0 Å². The molecule has 0 saturated carbocycles. The highest BCUT2D eigenvalue weighted by Crippen LogP contribution is 2.31. The molecule has 0 fully saturated rings. The molecule has 0 N–H and O–H groups in total. The SMILES string of the molecule is O=C1C(SCc2ccccc2)=C/C(=N/S(=O)(=O)c2cccs2)c2ccccc21. The van der Waals surface area contributed by atoms with E-state index in [1.807, 2.05) is 30.3 Å². The Morgan fingerprint density at radius 3 is 2.32 bits per heavy atom. The highest BCUT2D eigenvalue weighted by atomic mass is 32.2. The Morgan fingerprint density at radius 2 is 1.61 bits per heavy atom. The standard InChI is InChI=1S/C21H15NO3S3/c23-21-17-10-5-4-9-16(17)18(22-28(24,25)20-11-6-12-26-20)13-19(21)27-14-15-7-2-1-3-8-15/h1-13H,14H2/b22-18-. The van der Waals surface area contributed by atoms with E-state index in [9.17, 15) is 13.2 Å². The smallest absolute Gasteiger partial charge is 0.288 e. The molecule has 1 heterocycles. The minimum Gasteiger partial charge on any atom is -0.288 e. The largest absolute Gasteiger partial charge is 0.292 e. The lowest BCUT2D eigenvalue weighted by molar-refractivity contribution is 0.104. The summed E-state index contributed by atoms with van der Waals surface area (Å²) in [6.45, 7) is 0. The van der Waals surface area contributed by atoms with Gasteiger partial charge in [-0.1, -0.05) is 60.7 Å². The Hall–Kier alpha value is -2.48. The second kappa shape index (κ2) is 7.87. The van der Waals surface area contributed by atoms with Crippen LogP contribution in [-0.4, -0.2) is 19.9 Å². The van der Waals surface area contributed by atoms with Gasteiger partial charge >= 0.3 is 0 Å². The van der Waals surface area contributed by atoms with Crippen LogP contribution >= 0.6 is 23.1 Å². The second-order valence-corrected chi connectivity index (χ2v) is 9.84. The Morgan fingerprint density at radius 1 is 0.893 bits per heavy atom. The number of benzene rings is 2. The van der Waals surface area contributed by atoms with Crippen LogP contribution in [0, 0.1) is 0 Å². The van der Waals surface area contributed by atoms with Gasteiger partial charge in [0, 0.05) is 16.9 Å². The highest BCUT2D eigenvalue weighted by Gasteiger charge is 2.26. The van der Waals surface area contributed by atoms with Crippen molar-refractivity contribution in [1.82, 2.24) is 0 Å². The maximum atomic E-state index is 12.9. The van der Waals surface area contributed by atoms with Crippen LogP contribution in [0.25, 0.3) is 0 Å². The molecule has 0 radical (unpaired) electrons. The second-order valence-electron chi connectivity index (χ2n) is 6.04. The third-order valence-corrected chi connectivity index (χ3v) is 7.90. The van der Waals surface area contributed by atoms with E-state index in [1.54, 1.807) is 41.8 Å². The number of hydrogen-bond acceptors (Lipinski definition) is 5. The molecule has 28 heavy (non-hydrogen) atoms. The zero-order chi connectivity index (χ0) is 19.6. The molecule has 1 aromatic heterocycles. The fourth-order valence-corrected chi connectivity index (χ4v) is 5.72. The lowest BCUT2D eigenvalue weighted by Gasteiger charge is -2.17. The fraction of sp³-hybridized carbons (Fsp3) is 0.0476. The zero-order valence-electron chi connectivity index (χ0n) is 14.6. The number of hydrogen-bond donors (Lipinski definition) is 0. The number of ketones is 1. The molecule has 1 aliphatic carbocycles. The Bertz CT molecular complexity index is 1180. The number of fused-ring (bicyclic) bond motifs is 1. The Kier molecular flexibility index (Phi) is 5.30. The van der Waals surface area contributed by atoms with Gasteiger partial charge in [-0.2, -0.15) is 12.8 Å². The van der Waals surface area contributed by atoms with E-state index in [-0.39, 0.29) is 9.99 Å². The van der Waals surface area contributed by atoms with Gasteiger partial charge in [0.25, 0.3) is 10.0 Å². The van der Waals surface area contributed by atoms with Gasteiger partial charge in [-0.15, -0.1) is 23.1 Å². The number of Topliss-reactive ketones (excluding diaryl/α,β-unsaturated/α-hetero) is 1. The van der Waals surface area contributed by atoms with Crippen molar-refractivity contribution in [1.29, 1.82) is 0 Å². The van der Waals surface area contributed by atoms with Crippen LogP contribution in [0.5, 0.6) is 0 Å². The lowest BCUT2D eigenvalue weighted by Crippen LogP contribution is -2.17. The van der Waals surface area contributed by atoms with Crippen LogP contribution in [0.15, 0.2) is 91.7 Å². The van der Waals surface area contributed by atoms with Gasteiger partial charge in [-0.3, -0.25) is 4.79 Å². The van der Waals surface area contributed by atoms with Gasteiger partial charge in [0.1, 0.15) is 4.21 Å². The summed E-state index contributed by atoms with van der Waals surface area (Å²) < 4.78 is 29.5. The summed E-state index contributed by atoms with van der Waals surface area (Å²) in [5.74, 6) is 0.509. The van der Waals surface area contributed by atoms with E-state index in [0.717, 1.165) is 16.9 Å². The van der Waals surface area contributed by atoms with Gasteiger partial charge in [0.2, 0.25) is 0 Å².